The molecule has 6 heteroatoms. The van der Waals surface area contributed by atoms with Crippen LogP contribution in [-0.4, -0.2) is 50.0 Å². The van der Waals surface area contributed by atoms with Crippen molar-refractivity contribution in [1.82, 2.24) is 10.2 Å². The molecule has 2 amide bonds. The molecule has 2 fully saturated rings. The van der Waals surface area contributed by atoms with Crippen molar-refractivity contribution in [3.63, 3.8) is 0 Å². The van der Waals surface area contributed by atoms with Gasteiger partial charge in [0.1, 0.15) is 0 Å². The van der Waals surface area contributed by atoms with Gasteiger partial charge in [0.25, 0.3) is 0 Å². The summed E-state index contributed by atoms with van der Waals surface area (Å²) in [7, 11) is -3.03. The van der Waals surface area contributed by atoms with E-state index in [-0.39, 0.29) is 29.5 Å². The highest BCUT2D eigenvalue weighted by Gasteiger charge is 2.54. The number of aryl methyl sites for hydroxylation is 1. The van der Waals surface area contributed by atoms with Crippen LogP contribution in [0.5, 0.6) is 0 Å². The van der Waals surface area contributed by atoms with Crippen molar-refractivity contribution >= 4 is 15.9 Å². The van der Waals surface area contributed by atoms with Crippen LogP contribution in [0.3, 0.4) is 0 Å². The summed E-state index contributed by atoms with van der Waals surface area (Å²) in [6.45, 7) is 2.72. The van der Waals surface area contributed by atoms with E-state index in [4.69, 9.17) is 0 Å². The summed E-state index contributed by atoms with van der Waals surface area (Å²) in [5, 5.41) is 3.17. The van der Waals surface area contributed by atoms with Crippen LogP contribution in [0.2, 0.25) is 0 Å². The zero-order valence-corrected chi connectivity index (χ0v) is 14.8. The minimum absolute atomic E-state index is 0.00884. The van der Waals surface area contributed by atoms with Crippen molar-refractivity contribution in [2.45, 2.75) is 31.7 Å². The van der Waals surface area contributed by atoms with Crippen LogP contribution in [0.1, 0.15) is 30.4 Å². The van der Waals surface area contributed by atoms with Crippen molar-refractivity contribution in [1.29, 1.82) is 0 Å². The summed E-state index contributed by atoms with van der Waals surface area (Å²) in [6.07, 6.45) is 2.21. The molecule has 2 aliphatic carbocycles. The molecule has 0 spiro atoms. The predicted octanol–water partition coefficient (Wildman–Crippen LogP) is 1.79. The van der Waals surface area contributed by atoms with E-state index in [1.165, 1.54) is 11.1 Å². The van der Waals surface area contributed by atoms with Gasteiger partial charge < -0.3 is 10.2 Å². The SMILES string of the molecule is C[C@@H]1CN(C(=O)N[C@@H]2[C@@H]3CCc4ccccc4[C@H]32)CCS(=O)(=O)C1. The molecule has 24 heavy (non-hydrogen) atoms. The Bertz CT molecular complexity index is 761. The van der Waals surface area contributed by atoms with Crippen LogP contribution in [0, 0.1) is 11.8 Å². The Labute approximate surface area is 143 Å². The molecule has 0 radical (unpaired) electrons. The van der Waals surface area contributed by atoms with Gasteiger partial charge >= 0.3 is 6.03 Å². The quantitative estimate of drug-likeness (QED) is 0.841. The minimum Gasteiger partial charge on any atom is -0.334 e. The molecular formula is C18H24N2O3S. The normalized spacial score (nSPS) is 33.8. The zero-order valence-electron chi connectivity index (χ0n) is 13.9. The van der Waals surface area contributed by atoms with Crippen molar-refractivity contribution in [2.24, 2.45) is 11.8 Å². The molecule has 1 aromatic carbocycles. The topological polar surface area (TPSA) is 66.5 Å². The zero-order chi connectivity index (χ0) is 16.9. The Morgan fingerprint density at radius 1 is 1.29 bits per heavy atom. The standard InChI is InChI=1S/C18H24N2O3S/c1-12-10-20(8-9-24(22,23)11-12)18(21)19-17-15-7-6-13-4-2-3-5-14(13)16(15)17/h2-5,12,15-17H,6-11H2,1H3,(H,19,21)/t12-,15-,16-,17-/m1/s1. The lowest BCUT2D eigenvalue weighted by Gasteiger charge is -2.22. The molecule has 1 saturated heterocycles. The van der Waals surface area contributed by atoms with E-state index in [0.717, 1.165) is 12.8 Å². The summed E-state index contributed by atoms with van der Waals surface area (Å²) in [6, 6.07) is 8.61. The molecular weight excluding hydrogens is 324 g/mol. The van der Waals surface area contributed by atoms with Gasteiger partial charge in [-0.1, -0.05) is 31.2 Å². The smallest absolute Gasteiger partial charge is 0.317 e. The highest BCUT2D eigenvalue weighted by Crippen LogP contribution is 2.54. The van der Waals surface area contributed by atoms with Crippen LogP contribution in [0.25, 0.3) is 0 Å². The van der Waals surface area contributed by atoms with Crippen LogP contribution >= 0.6 is 0 Å². The Balaban J connectivity index is 1.43. The average Bonchev–Trinajstić information content (AvgIpc) is 3.26. The Kier molecular flexibility index (Phi) is 3.82. The number of carbonyl (C=O) groups is 1. The first-order chi connectivity index (χ1) is 11.4. The van der Waals surface area contributed by atoms with E-state index in [1.54, 1.807) is 4.90 Å². The maximum Gasteiger partial charge on any atom is 0.317 e. The van der Waals surface area contributed by atoms with Gasteiger partial charge in [-0.2, -0.15) is 0 Å². The molecule has 130 valence electrons. The number of benzene rings is 1. The van der Waals surface area contributed by atoms with Crippen LogP contribution < -0.4 is 5.32 Å². The maximum atomic E-state index is 12.6. The van der Waals surface area contributed by atoms with E-state index < -0.39 is 9.84 Å². The number of amides is 2. The van der Waals surface area contributed by atoms with E-state index in [9.17, 15) is 13.2 Å². The number of hydrogen-bond acceptors (Lipinski definition) is 3. The van der Waals surface area contributed by atoms with Crippen LogP contribution in [0.15, 0.2) is 24.3 Å². The molecule has 4 atom stereocenters. The van der Waals surface area contributed by atoms with E-state index >= 15 is 0 Å². The molecule has 1 saturated carbocycles. The summed E-state index contributed by atoms with van der Waals surface area (Å²) in [5.41, 5.74) is 2.79. The lowest BCUT2D eigenvalue weighted by molar-refractivity contribution is 0.195. The Morgan fingerprint density at radius 2 is 2.08 bits per heavy atom. The maximum absolute atomic E-state index is 12.6. The first-order valence-electron chi connectivity index (χ1n) is 8.78. The number of hydrogen-bond donors (Lipinski definition) is 1. The molecule has 4 rings (SSSR count). The van der Waals surface area contributed by atoms with Gasteiger partial charge in [-0.05, 0) is 35.8 Å². The van der Waals surface area contributed by atoms with Gasteiger partial charge in [-0.15, -0.1) is 0 Å². The van der Waals surface area contributed by atoms with Gasteiger partial charge in [0.2, 0.25) is 0 Å². The highest BCUT2D eigenvalue weighted by molar-refractivity contribution is 7.91. The van der Waals surface area contributed by atoms with Gasteiger partial charge in [-0.3, -0.25) is 0 Å². The van der Waals surface area contributed by atoms with Crippen molar-refractivity contribution in [3.05, 3.63) is 35.4 Å². The molecule has 1 aliphatic heterocycles. The largest absolute Gasteiger partial charge is 0.334 e. The molecule has 5 nitrogen and oxygen atoms in total. The second-order valence-electron chi connectivity index (χ2n) is 7.57. The second-order valence-corrected chi connectivity index (χ2v) is 9.80. The second kappa shape index (κ2) is 5.76. The predicted molar refractivity (Wildman–Crippen MR) is 92.7 cm³/mol. The molecule has 1 aromatic rings. The summed E-state index contributed by atoms with van der Waals surface area (Å²) >= 11 is 0. The van der Waals surface area contributed by atoms with E-state index in [1.807, 2.05) is 6.92 Å². The van der Waals surface area contributed by atoms with Crippen LogP contribution in [-0.2, 0) is 16.3 Å². The molecule has 0 unspecified atom stereocenters. The number of urea groups is 1. The molecule has 0 bridgehead atoms. The van der Waals surface area contributed by atoms with Gasteiger partial charge in [-0.25, -0.2) is 13.2 Å². The van der Waals surface area contributed by atoms with Crippen molar-refractivity contribution < 1.29 is 13.2 Å². The Morgan fingerprint density at radius 3 is 2.92 bits per heavy atom. The average molecular weight is 348 g/mol. The number of nitrogens with one attached hydrogen (secondary N) is 1. The Hall–Kier alpha value is -1.56. The van der Waals surface area contributed by atoms with Gasteiger partial charge in [0.15, 0.2) is 9.84 Å². The number of sulfone groups is 1. The third-order valence-corrected chi connectivity index (χ3v) is 7.53. The summed E-state index contributed by atoms with van der Waals surface area (Å²) < 4.78 is 23.7. The lowest BCUT2D eigenvalue weighted by Crippen LogP contribution is -2.44. The third-order valence-electron chi connectivity index (χ3n) is 5.65. The van der Waals surface area contributed by atoms with E-state index in [2.05, 4.69) is 29.6 Å². The van der Waals surface area contributed by atoms with Crippen LogP contribution in [0.4, 0.5) is 4.79 Å². The lowest BCUT2D eigenvalue weighted by atomic mass is 9.92. The molecule has 3 aliphatic rings. The first kappa shape index (κ1) is 15.9. The number of rotatable bonds is 1. The van der Waals surface area contributed by atoms with E-state index in [0.29, 0.717) is 24.9 Å². The third kappa shape index (κ3) is 2.92. The number of carbonyl (C=O) groups excluding carboxylic acids is 1. The molecule has 1 heterocycles. The number of nitrogens with zero attached hydrogens (tertiary/aromatic N) is 1. The molecule has 1 N–H and O–H groups in total. The van der Waals surface area contributed by atoms with Crippen molar-refractivity contribution in [3.8, 4) is 0 Å². The number of fused-ring (bicyclic) bond motifs is 3. The fourth-order valence-electron chi connectivity index (χ4n) is 4.47. The highest BCUT2D eigenvalue weighted by atomic mass is 32.2. The molecule has 0 aromatic heterocycles. The summed E-state index contributed by atoms with van der Waals surface area (Å²) in [5.74, 6) is 1.22. The fourth-order valence-corrected chi connectivity index (χ4v) is 6.11. The monoisotopic (exact) mass is 348 g/mol. The fraction of sp³-hybridized carbons (Fsp3) is 0.611. The first-order valence-corrected chi connectivity index (χ1v) is 10.6. The van der Waals surface area contributed by atoms with Gasteiger partial charge in [0.05, 0.1) is 11.5 Å². The van der Waals surface area contributed by atoms with Crippen molar-refractivity contribution in [2.75, 3.05) is 24.6 Å². The van der Waals surface area contributed by atoms with Gasteiger partial charge in [0, 0.05) is 25.0 Å². The minimum atomic E-state index is -3.03. The summed E-state index contributed by atoms with van der Waals surface area (Å²) in [4.78, 5) is 14.3.